The zero-order valence-electron chi connectivity index (χ0n) is 10.3. The molecule has 0 spiro atoms. The van der Waals surface area contributed by atoms with Crippen molar-refractivity contribution in [1.29, 1.82) is 0 Å². The van der Waals surface area contributed by atoms with Crippen molar-refractivity contribution in [3.63, 3.8) is 0 Å². The molecule has 1 atom stereocenters. The zero-order chi connectivity index (χ0) is 12.5. The number of benzene rings is 1. The average Bonchev–Trinajstić information content (AvgIpc) is 3.13. The summed E-state index contributed by atoms with van der Waals surface area (Å²) >= 11 is 0. The molecule has 5 heteroatoms. The van der Waals surface area contributed by atoms with Crippen LogP contribution in [-0.2, 0) is 0 Å². The van der Waals surface area contributed by atoms with Crippen LogP contribution in [0.4, 0.5) is 4.39 Å². The molecule has 1 aromatic rings. The molecule has 0 aromatic heterocycles. The van der Waals surface area contributed by atoms with E-state index in [2.05, 4.69) is 5.32 Å². The normalized spacial score (nSPS) is 17.5. The SMILES string of the molecule is CC(CN)(NC(=O)c1ccccc1F)C1CC1.Cl. The lowest BCUT2D eigenvalue weighted by Crippen LogP contribution is -2.53. The third kappa shape index (κ3) is 3.00. The molecular formula is C13H18ClFN2O. The molecule has 1 fully saturated rings. The number of rotatable bonds is 4. The topological polar surface area (TPSA) is 55.1 Å². The summed E-state index contributed by atoms with van der Waals surface area (Å²) < 4.78 is 13.4. The van der Waals surface area contributed by atoms with Crippen LogP contribution in [0.2, 0.25) is 0 Å². The first-order chi connectivity index (χ1) is 8.07. The third-order valence-electron chi connectivity index (χ3n) is 3.42. The van der Waals surface area contributed by atoms with Gasteiger partial charge in [-0.1, -0.05) is 12.1 Å². The molecule has 100 valence electrons. The smallest absolute Gasteiger partial charge is 0.254 e. The summed E-state index contributed by atoms with van der Waals surface area (Å²) in [6, 6.07) is 5.98. The lowest BCUT2D eigenvalue weighted by molar-refractivity contribution is 0.0893. The number of hydrogen-bond donors (Lipinski definition) is 2. The van der Waals surface area contributed by atoms with Gasteiger partial charge in [-0.05, 0) is 37.8 Å². The van der Waals surface area contributed by atoms with Gasteiger partial charge in [-0.3, -0.25) is 4.79 Å². The quantitative estimate of drug-likeness (QED) is 0.882. The van der Waals surface area contributed by atoms with Crippen molar-refractivity contribution in [3.05, 3.63) is 35.6 Å². The van der Waals surface area contributed by atoms with E-state index >= 15 is 0 Å². The maximum atomic E-state index is 13.4. The van der Waals surface area contributed by atoms with Crippen LogP contribution in [0.5, 0.6) is 0 Å². The van der Waals surface area contributed by atoms with Crippen LogP contribution in [0.25, 0.3) is 0 Å². The second-order valence-electron chi connectivity index (χ2n) is 4.83. The molecule has 0 saturated heterocycles. The van der Waals surface area contributed by atoms with E-state index < -0.39 is 11.4 Å². The minimum absolute atomic E-state index is 0. The number of carbonyl (C=O) groups is 1. The fraction of sp³-hybridized carbons (Fsp3) is 0.462. The van der Waals surface area contributed by atoms with Gasteiger partial charge in [-0.2, -0.15) is 0 Å². The highest BCUT2D eigenvalue weighted by Crippen LogP contribution is 2.39. The largest absolute Gasteiger partial charge is 0.345 e. The first-order valence-corrected chi connectivity index (χ1v) is 5.84. The Kier molecular flexibility index (Phi) is 4.71. The molecule has 2 rings (SSSR count). The van der Waals surface area contributed by atoms with Crippen molar-refractivity contribution in [3.8, 4) is 0 Å². The van der Waals surface area contributed by atoms with Crippen LogP contribution >= 0.6 is 12.4 Å². The molecule has 0 bridgehead atoms. The van der Waals surface area contributed by atoms with Gasteiger partial charge in [0.1, 0.15) is 5.82 Å². The number of nitrogens with two attached hydrogens (primary N) is 1. The van der Waals surface area contributed by atoms with E-state index in [9.17, 15) is 9.18 Å². The van der Waals surface area contributed by atoms with Crippen molar-refractivity contribution in [2.45, 2.75) is 25.3 Å². The molecule has 1 unspecified atom stereocenters. The highest BCUT2D eigenvalue weighted by Gasteiger charge is 2.41. The third-order valence-corrected chi connectivity index (χ3v) is 3.42. The number of hydrogen-bond acceptors (Lipinski definition) is 2. The summed E-state index contributed by atoms with van der Waals surface area (Å²) in [5.74, 6) is -0.466. The Balaban J connectivity index is 0.00000162. The average molecular weight is 273 g/mol. The van der Waals surface area contributed by atoms with Gasteiger partial charge in [-0.15, -0.1) is 12.4 Å². The summed E-state index contributed by atoms with van der Waals surface area (Å²) in [4.78, 5) is 12.0. The standard InChI is InChI=1S/C13H17FN2O.ClH/c1-13(8-15,9-6-7-9)16-12(17)10-4-2-3-5-11(10)14;/h2-5,9H,6-8,15H2,1H3,(H,16,17);1H. The van der Waals surface area contributed by atoms with Crippen LogP contribution in [0.3, 0.4) is 0 Å². The second kappa shape index (κ2) is 5.67. The summed E-state index contributed by atoms with van der Waals surface area (Å²) in [5.41, 5.74) is 5.36. The summed E-state index contributed by atoms with van der Waals surface area (Å²) in [5, 5.41) is 2.86. The van der Waals surface area contributed by atoms with Crippen LogP contribution in [0, 0.1) is 11.7 Å². The predicted octanol–water partition coefficient (Wildman–Crippen LogP) is 2.10. The summed E-state index contributed by atoms with van der Waals surface area (Å²) in [6.07, 6.45) is 2.15. The Morgan fingerprint density at radius 2 is 2.11 bits per heavy atom. The molecule has 18 heavy (non-hydrogen) atoms. The van der Waals surface area contributed by atoms with E-state index in [1.807, 2.05) is 6.92 Å². The van der Waals surface area contributed by atoms with Gasteiger partial charge in [0.15, 0.2) is 0 Å². The van der Waals surface area contributed by atoms with Crippen molar-refractivity contribution < 1.29 is 9.18 Å². The molecule has 3 N–H and O–H groups in total. The van der Waals surface area contributed by atoms with E-state index in [4.69, 9.17) is 5.73 Å². The Morgan fingerprint density at radius 3 is 2.61 bits per heavy atom. The summed E-state index contributed by atoms with van der Waals surface area (Å²) in [7, 11) is 0. The van der Waals surface area contributed by atoms with Gasteiger partial charge in [0, 0.05) is 6.54 Å². The fourth-order valence-electron chi connectivity index (χ4n) is 2.01. The zero-order valence-corrected chi connectivity index (χ0v) is 11.1. The molecule has 1 aliphatic carbocycles. The van der Waals surface area contributed by atoms with Crippen LogP contribution < -0.4 is 11.1 Å². The molecule has 0 aliphatic heterocycles. The van der Waals surface area contributed by atoms with Gasteiger partial charge in [0.25, 0.3) is 5.91 Å². The van der Waals surface area contributed by atoms with E-state index in [0.717, 1.165) is 12.8 Å². The maximum Gasteiger partial charge on any atom is 0.254 e. The number of amides is 1. The first-order valence-electron chi connectivity index (χ1n) is 5.84. The van der Waals surface area contributed by atoms with Crippen molar-refractivity contribution >= 4 is 18.3 Å². The van der Waals surface area contributed by atoms with Gasteiger partial charge in [0.2, 0.25) is 0 Å². The monoisotopic (exact) mass is 272 g/mol. The highest BCUT2D eigenvalue weighted by atomic mass is 35.5. The number of halogens is 2. The number of nitrogens with one attached hydrogen (secondary N) is 1. The minimum atomic E-state index is -0.500. The summed E-state index contributed by atoms with van der Waals surface area (Å²) in [6.45, 7) is 2.29. The van der Waals surface area contributed by atoms with Gasteiger partial charge >= 0.3 is 0 Å². The molecule has 0 heterocycles. The van der Waals surface area contributed by atoms with Crippen molar-refractivity contribution in [1.82, 2.24) is 5.32 Å². The van der Waals surface area contributed by atoms with Gasteiger partial charge in [-0.25, -0.2) is 4.39 Å². The Bertz CT molecular complexity index is 437. The van der Waals surface area contributed by atoms with Gasteiger partial charge < -0.3 is 11.1 Å². The Hall–Kier alpha value is -1.13. The molecular weight excluding hydrogens is 255 g/mol. The number of carbonyl (C=O) groups excluding carboxylic acids is 1. The van der Waals surface area contributed by atoms with E-state index in [1.165, 1.54) is 12.1 Å². The Morgan fingerprint density at radius 1 is 1.50 bits per heavy atom. The maximum absolute atomic E-state index is 13.4. The van der Waals surface area contributed by atoms with Crippen LogP contribution in [0.1, 0.15) is 30.1 Å². The predicted molar refractivity (Wildman–Crippen MR) is 71.3 cm³/mol. The highest BCUT2D eigenvalue weighted by molar-refractivity contribution is 5.95. The fourth-order valence-corrected chi connectivity index (χ4v) is 2.01. The van der Waals surface area contributed by atoms with Crippen molar-refractivity contribution in [2.75, 3.05) is 6.54 Å². The lowest BCUT2D eigenvalue weighted by atomic mass is 9.95. The van der Waals surface area contributed by atoms with Crippen molar-refractivity contribution in [2.24, 2.45) is 11.7 Å². The lowest BCUT2D eigenvalue weighted by Gasteiger charge is -2.29. The molecule has 1 saturated carbocycles. The molecule has 0 radical (unpaired) electrons. The first kappa shape index (κ1) is 14.9. The molecule has 3 nitrogen and oxygen atoms in total. The van der Waals surface area contributed by atoms with E-state index in [-0.39, 0.29) is 23.9 Å². The molecule has 1 amide bonds. The second-order valence-corrected chi connectivity index (χ2v) is 4.83. The van der Waals surface area contributed by atoms with Gasteiger partial charge in [0.05, 0.1) is 11.1 Å². The Labute approximate surface area is 112 Å². The minimum Gasteiger partial charge on any atom is -0.345 e. The molecule has 1 aliphatic rings. The van der Waals surface area contributed by atoms with E-state index in [0.29, 0.717) is 12.5 Å². The van der Waals surface area contributed by atoms with Crippen LogP contribution in [0.15, 0.2) is 24.3 Å². The molecule has 1 aromatic carbocycles. The van der Waals surface area contributed by atoms with E-state index in [1.54, 1.807) is 12.1 Å². The van der Waals surface area contributed by atoms with Crippen LogP contribution in [-0.4, -0.2) is 18.0 Å².